The third kappa shape index (κ3) is 2.79. The van der Waals surface area contributed by atoms with E-state index in [-0.39, 0.29) is 30.0 Å². The minimum absolute atomic E-state index is 0.0298. The smallest absolute Gasteiger partial charge is 0.253 e. The van der Waals surface area contributed by atoms with Crippen LogP contribution in [-0.2, 0) is 11.3 Å². The zero-order chi connectivity index (χ0) is 13.2. The van der Waals surface area contributed by atoms with Gasteiger partial charge in [-0.1, -0.05) is 6.07 Å². The van der Waals surface area contributed by atoms with Crippen molar-refractivity contribution in [1.29, 1.82) is 0 Å². The van der Waals surface area contributed by atoms with Crippen LogP contribution in [0.2, 0.25) is 0 Å². The summed E-state index contributed by atoms with van der Waals surface area (Å²) in [5, 5.41) is 11.9. The van der Waals surface area contributed by atoms with Crippen LogP contribution in [0.3, 0.4) is 0 Å². The Kier molecular flexibility index (Phi) is 3.52. The van der Waals surface area contributed by atoms with Gasteiger partial charge in [0.25, 0.3) is 5.56 Å². The number of hydrogen-bond acceptors (Lipinski definition) is 3. The fourth-order valence-electron chi connectivity index (χ4n) is 1.85. The number of carbonyl (C=O) groups excluding carboxylic acids is 1. The minimum atomic E-state index is -0.192. The van der Waals surface area contributed by atoms with E-state index in [0.717, 1.165) is 12.8 Å². The maximum absolute atomic E-state index is 11.7. The normalized spacial score (nSPS) is 16.3. The lowest BCUT2D eigenvalue weighted by molar-refractivity contribution is -0.122. The quantitative estimate of drug-likeness (QED) is 0.775. The van der Waals surface area contributed by atoms with Crippen LogP contribution in [0.4, 0.5) is 0 Å². The number of aliphatic hydroxyl groups excluding tert-OH is 1. The van der Waals surface area contributed by atoms with Crippen LogP contribution in [-0.4, -0.2) is 28.7 Å². The van der Waals surface area contributed by atoms with Crippen molar-refractivity contribution in [3.8, 4) is 0 Å². The molecule has 0 aliphatic heterocycles. The highest BCUT2D eigenvalue weighted by atomic mass is 16.3. The van der Waals surface area contributed by atoms with Gasteiger partial charge in [0, 0.05) is 23.7 Å². The van der Waals surface area contributed by atoms with E-state index in [1.165, 1.54) is 4.57 Å². The Morgan fingerprint density at radius 2 is 2.28 bits per heavy atom. The molecule has 1 saturated carbocycles. The van der Waals surface area contributed by atoms with E-state index in [4.69, 9.17) is 5.11 Å². The van der Waals surface area contributed by atoms with Crippen LogP contribution >= 0.6 is 0 Å². The Hall–Kier alpha value is -1.62. The third-order valence-electron chi connectivity index (χ3n) is 3.48. The van der Waals surface area contributed by atoms with Gasteiger partial charge in [-0.3, -0.25) is 9.59 Å². The molecule has 5 heteroatoms. The number of aryl methyl sites for hydroxylation is 1. The Bertz CT molecular complexity index is 503. The molecule has 1 aromatic rings. The predicted molar refractivity (Wildman–Crippen MR) is 67.2 cm³/mol. The Morgan fingerprint density at radius 1 is 1.56 bits per heavy atom. The van der Waals surface area contributed by atoms with E-state index in [2.05, 4.69) is 5.32 Å². The molecule has 0 atom stereocenters. The summed E-state index contributed by atoms with van der Waals surface area (Å²) in [6.45, 7) is 2.35. The molecule has 1 aliphatic rings. The Morgan fingerprint density at radius 3 is 2.89 bits per heavy atom. The highest BCUT2D eigenvalue weighted by Gasteiger charge is 2.41. The van der Waals surface area contributed by atoms with Crippen LogP contribution < -0.4 is 10.9 Å². The molecule has 5 nitrogen and oxygen atoms in total. The van der Waals surface area contributed by atoms with Crippen molar-refractivity contribution in [2.75, 3.05) is 13.2 Å². The first-order valence-electron chi connectivity index (χ1n) is 6.10. The van der Waals surface area contributed by atoms with Gasteiger partial charge in [-0.15, -0.1) is 0 Å². The lowest BCUT2D eigenvalue weighted by Crippen LogP contribution is -2.36. The molecular formula is C13H18N2O3. The molecule has 0 aromatic carbocycles. The molecule has 0 unspecified atom stereocenters. The molecule has 1 aliphatic carbocycles. The number of aliphatic hydroxyl groups is 1. The largest absolute Gasteiger partial charge is 0.396 e. The third-order valence-corrected chi connectivity index (χ3v) is 3.48. The average molecular weight is 250 g/mol. The molecule has 1 heterocycles. The minimum Gasteiger partial charge on any atom is -0.396 e. The van der Waals surface area contributed by atoms with Crippen molar-refractivity contribution in [2.24, 2.45) is 5.41 Å². The lowest BCUT2D eigenvalue weighted by atomic mass is 10.1. The summed E-state index contributed by atoms with van der Waals surface area (Å²) in [7, 11) is 0. The number of pyridine rings is 1. The molecule has 1 aromatic heterocycles. The van der Waals surface area contributed by atoms with Gasteiger partial charge < -0.3 is 15.0 Å². The second-order valence-electron chi connectivity index (χ2n) is 5.06. The molecule has 18 heavy (non-hydrogen) atoms. The molecule has 0 radical (unpaired) electrons. The first-order valence-corrected chi connectivity index (χ1v) is 6.10. The lowest BCUT2D eigenvalue weighted by Gasteiger charge is -2.13. The fraction of sp³-hybridized carbons (Fsp3) is 0.538. The van der Waals surface area contributed by atoms with Crippen LogP contribution in [0, 0.1) is 12.3 Å². The average Bonchev–Trinajstić information content (AvgIpc) is 3.13. The number of carbonyl (C=O) groups is 1. The highest BCUT2D eigenvalue weighted by Crippen LogP contribution is 2.44. The van der Waals surface area contributed by atoms with E-state index >= 15 is 0 Å². The van der Waals surface area contributed by atoms with Crippen molar-refractivity contribution in [1.82, 2.24) is 9.88 Å². The first kappa shape index (κ1) is 12.8. The van der Waals surface area contributed by atoms with Gasteiger partial charge in [0.15, 0.2) is 0 Å². The summed E-state index contributed by atoms with van der Waals surface area (Å²) < 4.78 is 1.39. The standard InChI is InChI=1S/C13H18N2O3/c1-10-3-2-6-15(12(10)18)7-11(17)14-8-13(9-16)4-5-13/h2-3,6,16H,4-5,7-9H2,1H3,(H,14,17). The van der Waals surface area contributed by atoms with E-state index < -0.39 is 0 Å². The molecule has 0 bridgehead atoms. The predicted octanol–water partition coefficient (Wildman–Crippen LogP) is 0.0454. The number of nitrogens with zero attached hydrogens (tertiary/aromatic N) is 1. The van der Waals surface area contributed by atoms with Gasteiger partial charge in [-0.2, -0.15) is 0 Å². The van der Waals surface area contributed by atoms with Crippen molar-refractivity contribution >= 4 is 5.91 Å². The van der Waals surface area contributed by atoms with Gasteiger partial charge in [-0.25, -0.2) is 0 Å². The topological polar surface area (TPSA) is 71.3 Å². The van der Waals surface area contributed by atoms with Crippen molar-refractivity contribution in [3.63, 3.8) is 0 Å². The summed E-state index contributed by atoms with van der Waals surface area (Å²) in [5.41, 5.74) is 0.378. The zero-order valence-electron chi connectivity index (χ0n) is 10.5. The second kappa shape index (κ2) is 4.94. The molecule has 1 fully saturated rings. The molecule has 1 amide bonds. The van der Waals surface area contributed by atoms with Gasteiger partial charge in [-0.05, 0) is 25.8 Å². The number of rotatable bonds is 5. The monoisotopic (exact) mass is 250 g/mol. The summed E-state index contributed by atoms with van der Waals surface area (Å²) in [6.07, 6.45) is 3.51. The highest BCUT2D eigenvalue weighted by molar-refractivity contribution is 5.75. The zero-order valence-corrected chi connectivity index (χ0v) is 10.5. The number of hydrogen-bond donors (Lipinski definition) is 2. The first-order chi connectivity index (χ1) is 8.56. The van der Waals surface area contributed by atoms with Crippen molar-refractivity contribution < 1.29 is 9.90 Å². The van der Waals surface area contributed by atoms with E-state index in [1.807, 2.05) is 0 Å². The number of nitrogens with one attached hydrogen (secondary N) is 1. The van der Waals surface area contributed by atoms with Gasteiger partial charge in [0.1, 0.15) is 6.54 Å². The Labute approximate surface area is 105 Å². The molecule has 98 valence electrons. The number of amides is 1. The summed E-state index contributed by atoms with van der Waals surface area (Å²) >= 11 is 0. The van der Waals surface area contributed by atoms with Gasteiger partial charge in [0.05, 0.1) is 6.61 Å². The Balaban J connectivity index is 1.91. The molecule has 2 N–H and O–H groups in total. The van der Waals surface area contributed by atoms with Crippen LogP contribution in [0.15, 0.2) is 23.1 Å². The number of aromatic nitrogens is 1. The molecule has 2 rings (SSSR count). The van der Waals surface area contributed by atoms with Gasteiger partial charge >= 0.3 is 0 Å². The van der Waals surface area contributed by atoms with Gasteiger partial charge in [0.2, 0.25) is 5.91 Å². The molecule has 0 spiro atoms. The van der Waals surface area contributed by atoms with Crippen LogP contribution in [0.5, 0.6) is 0 Å². The van der Waals surface area contributed by atoms with E-state index in [9.17, 15) is 9.59 Å². The maximum Gasteiger partial charge on any atom is 0.253 e. The van der Waals surface area contributed by atoms with Crippen LogP contribution in [0.1, 0.15) is 18.4 Å². The fourth-order valence-corrected chi connectivity index (χ4v) is 1.85. The van der Waals surface area contributed by atoms with Crippen LogP contribution in [0.25, 0.3) is 0 Å². The van der Waals surface area contributed by atoms with Crippen molar-refractivity contribution in [2.45, 2.75) is 26.3 Å². The summed E-state index contributed by atoms with van der Waals surface area (Å²) in [6, 6.07) is 3.47. The van der Waals surface area contributed by atoms with E-state index in [1.54, 1.807) is 25.3 Å². The van der Waals surface area contributed by atoms with Crippen molar-refractivity contribution in [3.05, 3.63) is 34.2 Å². The second-order valence-corrected chi connectivity index (χ2v) is 5.06. The maximum atomic E-state index is 11.7. The van der Waals surface area contributed by atoms with E-state index in [0.29, 0.717) is 12.1 Å². The SMILES string of the molecule is Cc1cccn(CC(=O)NCC2(CO)CC2)c1=O. The molecule has 0 saturated heterocycles. The molecular weight excluding hydrogens is 232 g/mol. The summed E-state index contributed by atoms with van der Waals surface area (Å²) in [4.78, 5) is 23.4. The summed E-state index contributed by atoms with van der Waals surface area (Å²) in [5.74, 6) is -0.192.